The molecule has 9 heteroatoms. The monoisotopic (exact) mass is 474 g/mol. The highest BCUT2D eigenvalue weighted by molar-refractivity contribution is 5.67. The van der Waals surface area contributed by atoms with Crippen molar-refractivity contribution < 1.29 is 23.1 Å². The van der Waals surface area contributed by atoms with Crippen LogP contribution in [0.1, 0.15) is 59.0 Å². The van der Waals surface area contributed by atoms with Gasteiger partial charge in [-0.25, -0.2) is 27.6 Å². The molecule has 3 rings (SSSR count). The van der Waals surface area contributed by atoms with Crippen molar-refractivity contribution in [3.63, 3.8) is 0 Å². The van der Waals surface area contributed by atoms with E-state index in [1.807, 2.05) is 20.8 Å². The summed E-state index contributed by atoms with van der Waals surface area (Å²) >= 11 is 0. The van der Waals surface area contributed by atoms with Crippen molar-refractivity contribution in [2.75, 3.05) is 0 Å². The Morgan fingerprint density at radius 3 is 2.24 bits per heavy atom. The molecule has 182 valence electrons. The highest BCUT2D eigenvalue weighted by Crippen LogP contribution is 2.41. The van der Waals surface area contributed by atoms with Gasteiger partial charge in [0.05, 0.1) is 12.1 Å². The van der Waals surface area contributed by atoms with E-state index in [-0.39, 0.29) is 23.8 Å². The normalized spacial score (nSPS) is 13.1. The van der Waals surface area contributed by atoms with Crippen LogP contribution < -0.4 is 0 Å². The van der Waals surface area contributed by atoms with Gasteiger partial charge in [0.25, 0.3) is 0 Å². The summed E-state index contributed by atoms with van der Waals surface area (Å²) in [7, 11) is 0. The largest absolute Gasteiger partial charge is 0.465 e. The molecule has 34 heavy (non-hydrogen) atoms. The average molecular weight is 475 g/mol. The number of nitrogens with zero attached hydrogens (tertiary/aromatic N) is 4. The van der Waals surface area contributed by atoms with Crippen molar-refractivity contribution >= 4 is 6.09 Å². The van der Waals surface area contributed by atoms with Gasteiger partial charge in [0.15, 0.2) is 11.6 Å². The van der Waals surface area contributed by atoms with E-state index < -0.39 is 40.5 Å². The van der Waals surface area contributed by atoms with Gasteiger partial charge in [-0.15, -0.1) is 0 Å². The molecule has 6 nitrogen and oxygen atoms in total. The minimum Gasteiger partial charge on any atom is -0.465 e. The highest BCUT2D eigenvalue weighted by atomic mass is 19.1. The molecule has 0 radical (unpaired) electrons. The van der Waals surface area contributed by atoms with Gasteiger partial charge in [0, 0.05) is 5.54 Å². The van der Waals surface area contributed by atoms with Crippen LogP contribution >= 0.6 is 0 Å². The van der Waals surface area contributed by atoms with E-state index in [0.29, 0.717) is 5.56 Å². The van der Waals surface area contributed by atoms with E-state index >= 15 is 0 Å². The quantitative estimate of drug-likeness (QED) is 0.473. The van der Waals surface area contributed by atoms with E-state index in [2.05, 4.69) is 10.1 Å². The number of amides is 1. The fraction of sp³-hybridized carbons (Fsp3) is 0.400. The second kappa shape index (κ2) is 9.12. The van der Waals surface area contributed by atoms with Gasteiger partial charge in [0.2, 0.25) is 0 Å². The number of hydrogen-bond donors (Lipinski definition) is 1. The smallest absolute Gasteiger partial charge is 0.408 e. The first-order valence-corrected chi connectivity index (χ1v) is 10.9. The molecule has 0 bridgehead atoms. The van der Waals surface area contributed by atoms with E-state index in [1.54, 1.807) is 32.9 Å². The maximum Gasteiger partial charge on any atom is 0.408 e. The lowest BCUT2D eigenvalue weighted by Gasteiger charge is -2.44. The second-order valence-corrected chi connectivity index (χ2v) is 10.3. The summed E-state index contributed by atoms with van der Waals surface area (Å²) in [4.78, 5) is 18.2. The minimum atomic E-state index is -1.16. The van der Waals surface area contributed by atoms with Gasteiger partial charge in [-0.05, 0) is 62.1 Å². The summed E-state index contributed by atoms with van der Waals surface area (Å²) in [6.07, 6.45) is -1.16. The third-order valence-corrected chi connectivity index (χ3v) is 5.34. The molecule has 1 N–H and O–H groups in total. The Morgan fingerprint density at radius 1 is 1.03 bits per heavy atom. The van der Waals surface area contributed by atoms with Crippen molar-refractivity contribution in [3.8, 4) is 11.4 Å². The average Bonchev–Trinajstić information content (AvgIpc) is 3.08. The molecule has 0 fully saturated rings. The van der Waals surface area contributed by atoms with Crippen LogP contribution in [0.15, 0.2) is 42.5 Å². The maximum absolute atomic E-state index is 14.6. The Hall–Kier alpha value is -3.36. The maximum atomic E-state index is 14.6. The minimum absolute atomic E-state index is 0.0568. The SMILES string of the molecule is CC(C)(C)C(c1nc(-c2cc(F)ccc2F)nn1Cc1cccc(F)c1)N(C(=O)O)C(C)(C)C. The van der Waals surface area contributed by atoms with Crippen LogP contribution in [0.2, 0.25) is 0 Å². The fourth-order valence-electron chi connectivity index (χ4n) is 3.94. The van der Waals surface area contributed by atoms with Crippen LogP contribution in [0.25, 0.3) is 11.4 Å². The van der Waals surface area contributed by atoms with Crippen molar-refractivity contribution in [2.24, 2.45) is 5.41 Å². The molecular weight excluding hydrogens is 445 g/mol. The summed E-state index contributed by atoms with van der Waals surface area (Å²) < 4.78 is 43.8. The molecular formula is C25H29F3N4O2. The second-order valence-electron chi connectivity index (χ2n) is 10.3. The standard InChI is InChI=1S/C25H29F3N4O2/c1-24(2,3)20(32(23(33)34)25(4,5)6)22-29-21(18-13-17(27)10-11-19(18)28)30-31(22)14-15-8-7-9-16(26)12-15/h7-13,20H,14H2,1-6H3,(H,33,34). The molecule has 0 saturated heterocycles. The summed E-state index contributed by atoms with van der Waals surface area (Å²) in [6.45, 7) is 10.9. The third-order valence-electron chi connectivity index (χ3n) is 5.34. The van der Waals surface area contributed by atoms with Gasteiger partial charge in [0.1, 0.15) is 23.5 Å². The number of halogens is 3. The number of rotatable bonds is 5. The molecule has 3 aromatic rings. The Balaban J connectivity index is 2.28. The van der Waals surface area contributed by atoms with Crippen LogP contribution in [0.3, 0.4) is 0 Å². The highest BCUT2D eigenvalue weighted by Gasteiger charge is 2.43. The predicted octanol–water partition coefficient (Wildman–Crippen LogP) is 6.28. The molecule has 1 aromatic heterocycles. The first-order chi connectivity index (χ1) is 15.7. The predicted molar refractivity (Wildman–Crippen MR) is 123 cm³/mol. The van der Waals surface area contributed by atoms with Crippen molar-refractivity contribution in [2.45, 2.75) is 59.7 Å². The van der Waals surface area contributed by atoms with Gasteiger partial charge in [-0.3, -0.25) is 4.90 Å². The molecule has 0 spiro atoms. The molecule has 1 atom stereocenters. The van der Waals surface area contributed by atoms with Crippen molar-refractivity contribution in [1.29, 1.82) is 0 Å². The van der Waals surface area contributed by atoms with Crippen LogP contribution in [-0.2, 0) is 6.54 Å². The molecule has 0 aliphatic carbocycles. The van der Waals surface area contributed by atoms with Gasteiger partial charge >= 0.3 is 6.09 Å². The van der Waals surface area contributed by atoms with Crippen LogP contribution in [0.5, 0.6) is 0 Å². The number of carbonyl (C=O) groups is 1. The van der Waals surface area contributed by atoms with E-state index in [1.165, 1.54) is 21.7 Å². The first kappa shape index (κ1) is 25.3. The zero-order valence-corrected chi connectivity index (χ0v) is 20.1. The Labute approximate surface area is 197 Å². The van der Waals surface area contributed by atoms with Crippen molar-refractivity contribution in [3.05, 3.63) is 71.3 Å². The van der Waals surface area contributed by atoms with Crippen molar-refractivity contribution in [1.82, 2.24) is 19.7 Å². The Morgan fingerprint density at radius 2 is 1.68 bits per heavy atom. The van der Waals surface area contributed by atoms with E-state index in [4.69, 9.17) is 0 Å². The molecule has 2 aromatic carbocycles. The van der Waals surface area contributed by atoms with Gasteiger partial charge in [-0.1, -0.05) is 32.9 Å². The molecule has 1 heterocycles. The van der Waals surface area contributed by atoms with Gasteiger partial charge in [-0.2, -0.15) is 5.10 Å². The number of aromatic nitrogens is 3. The lowest BCUT2D eigenvalue weighted by molar-refractivity contribution is 0.0217. The lowest BCUT2D eigenvalue weighted by Crippen LogP contribution is -2.51. The van der Waals surface area contributed by atoms with E-state index in [0.717, 1.165) is 18.2 Å². The number of carboxylic acid groups (broad SMARTS) is 1. The molecule has 0 aliphatic rings. The molecule has 1 unspecified atom stereocenters. The number of benzene rings is 2. The Kier molecular flexibility index (Phi) is 6.78. The van der Waals surface area contributed by atoms with Crippen LogP contribution in [0.4, 0.5) is 18.0 Å². The Bertz CT molecular complexity index is 1200. The fourth-order valence-corrected chi connectivity index (χ4v) is 3.94. The van der Waals surface area contributed by atoms with Crippen LogP contribution in [-0.4, -0.2) is 36.4 Å². The first-order valence-electron chi connectivity index (χ1n) is 10.9. The molecule has 1 amide bonds. The van der Waals surface area contributed by atoms with Gasteiger partial charge < -0.3 is 5.11 Å². The zero-order valence-electron chi connectivity index (χ0n) is 20.1. The van der Waals surface area contributed by atoms with E-state index in [9.17, 15) is 23.1 Å². The molecule has 0 aliphatic heterocycles. The summed E-state index contributed by atoms with van der Waals surface area (Å²) in [5.74, 6) is -1.66. The number of hydrogen-bond acceptors (Lipinski definition) is 3. The lowest BCUT2D eigenvalue weighted by atomic mass is 9.83. The zero-order chi connectivity index (χ0) is 25.4. The summed E-state index contributed by atoms with van der Waals surface area (Å²) in [5, 5.41) is 14.6. The topological polar surface area (TPSA) is 71.2 Å². The summed E-state index contributed by atoms with van der Waals surface area (Å²) in [5.41, 5.74) is -1.06. The third kappa shape index (κ3) is 5.40. The summed E-state index contributed by atoms with van der Waals surface area (Å²) in [6, 6.07) is 8.05. The molecule has 0 saturated carbocycles. The van der Waals surface area contributed by atoms with Crippen LogP contribution in [0, 0.1) is 22.9 Å².